The smallest absolute Gasteiger partial charge is 0.323 e. The summed E-state index contributed by atoms with van der Waals surface area (Å²) in [7, 11) is 1.94. The molecule has 4 aromatic rings. The molecule has 5 rings (SSSR count). The van der Waals surface area contributed by atoms with E-state index in [1.54, 1.807) is 6.20 Å². The molecule has 1 aliphatic rings. The number of H-pyrrole nitrogens is 1. The van der Waals surface area contributed by atoms with E-state index in [1.807, 2.05) is 90.8 Å². The summed E-state index contributed by atoms with van der Waals surface area (Å²) in [6, 6.07) is 23.8. The molecule has 33 heavy (non-hydrogen) atoms. The van der Waals surface area contributed by atoms with Crippen LogP contribution in [0.25, 0.3) is 11.3 Å². The molecule has 1 aromatic heterocycles. The lowest BCUT2D eigenvalue weighted by atomic mass is 10.0. The molecular weight excluding hydrogens is 416 g/mol. The van der Waals surface area contributed by atoms with E-state index < -0.39 is 0 Å². The first kappa shape index (κ1) is 20.3. The molecule has 3 aromatic carbocycles. The third kappa shape index (κ3) is 4.01. The van der Waals surface area contributed by atoms with Crippen molar-refractivity contribution in [1.29, 1.82) is 0 Å². The maximum atomic E-state index is 12.7. The van der Waals surface area contributed by atoms with E-state index in [1.165, 1.54) is 0 Å². The predicted molar refractivity (Wildman–Crippen MR) is 128 cm³/mol. The molecule has 0 saturated carbocycles. The van der Waals surface area contributed by atoms with Crippen molar-refractivity contribution in [3.8, 4) is 11.3 Å². The quantitative estimate of drug-likeness (QED) is 0.374. The van der Waals surface area contributed by atoms with Gasteiger partial charge in [0.25, 0.3) is 5.91 Å². The van der Waals surface area contributed by atoms with Crippen molar-refractivity contribution in [2.75, 3.05) is 22.6 Å². The molecule has 0 fully saturated rings. The van der Waals surface area contributed by atoms with Crippen LogP contribution >= 0.6 is 0 Å². The SMILES string of the molecule is CN1c2ccccc2C(=O)NC1c1c[nH]nc1-c1cccc(NC(=O)Nc2ccccc2)c1. The topological polar surface area (TPSA) is 102 Å². The number of rotatable bonds is 4. The second kappa shape index (κ2) is 8.51. The first-order chi connectivity index (χ1) is 16.1. The van der Waals surface area contributed by atoms with Gasteiger partial charge in [0.15, 0.2) is 0 Å². The maximum Gasteiger partial charge on any atom is 0.323 e. The Bertz CT molecular complexity index is 1320. The minimum absolute atomic E-state index is 0.131. The number of amides is 3. The van der Waals surface area contributed by atoms with Crippen LogP contribution in [0.2, 0.25) is 0 Å². The summed E-state index contributed by atoms with van der Waals surface area (Å²) in [6.45, 7) is 0. The molecule has 4 N–H and O–H groups in total. The van der Waals surface area contributed by atoms with Gasteiger partial charge in [-0.1, -0.05) is 42.5 Å². The van der Waals surface area contributed by atoms with E-state index >= 15 is 0 Å². The van der Waals surface area contributed by atoms with Crippen LogP contribution < -0.4 is 20.9 Å². The number of anilines is 3. The highest BCUT2D eigenvalue weighted by atomic mass is 16.2. The fourth-order valence-corrected chi connectivity index (χ4v) is 4.00. The molecule has 0 spiro atoms. The fraction of sp³-hybridized carbons (Fsp3) is 0.0800. The van der Waals surface area contributed by atoms with E-state index in [0.717, 1.165) is 16.8 Å². The second-order valence-electron chi connectivity index (χ2n) is 7.72. The van der Waals surface area contributed by atoms with Gasteiger partial charge in [0.05, 0.1) is 16.9 Å². The highest BCUT2D eigenvalue weighted by Gasteiger charge is 2.31. The van der Waals surface area contributed by atoms with Gasteiger partial charge in [-0.25, -0.2) is 4.79 Å². The summed E-state index contributed by atoms with van der Waals surface area (Å²) in [5, 5.41) is 16.1. The van der Waals surface area contributed by atoms with Crippen LogP contribution in [-0.2, 0) is 0 Å². The number of aromatic nitrogens is 2. The fourth-order valence-electron chi connectivity index (χ4n) is 4.00. The Hall–Kier alpha value is -4.59. The number of para-hydroxylation sites is 2. The summed E-state index contributed by atoms with van der Waals surface area (Å²) in [5.74, 6) is -0.131. The number of nitrogens with one attached hydrogen (secondary N) is 4. The largest absolute Gasteiger partial charge is 0.350 e. The number of urea groups is 1. The molecule has 1 aliphatic heterocycles. The highest BCUT2D eigenvalue weighted by Crippen LogP contribution is 2.35. The summed E-state index contributed by atoms with van der Waals surface area (Å²) in [5.41, 5.74) is 5.15. The molecular formula is C25H22N6O2. The van der Waals surface area contributed by atoms with Gasteiger partial charge < -0.3 is 20.9 Å². The Labute approximate surface area is 190 Å². The molecule has 8 nitrogen and oxygen atoms in total. The van der Waals surface area contributed by atoms with Crippen LogP contribution in [0.3, 0.4) is 0 Å². The number of nitrogens with zero attached hydrogens (tertiary/aromatic N) is 2. The summed E-state index contributed by atoms with van der Waals surface area (Å²) < 4.78 is 0. The van der Waals surface area contributed by atoms with Crippen LogP contribution in [0.1, 0.15) is 22.1 Å². The zero-order valence-electron chi connectivity index (χ0n) is 17.9. The van der Waals surface area contributed by atoms with Crippen molar-refractivity contribution in [2.45, 2.75) is 6.17 Å². The number of hydrogen-bond donors (Lipinski definition) is 4. The molecule has 3 amide bonds. The van der Waals surface area contributed by atoms with Gasteiger partial charge in [0.2, 0.25) is 0 Å². The summed E-state index contributed by atoms with van der Waals surface area (Å²) >= 11 is 0. The first-order valence-electron chi connectivity index (χ1n) is 10.5. The number of carbonyl (C=O) groups excluding carboxylic acids is 2. The lowest BCUT2D eigenvalue weighted by Crippen LogP contribution is -2.44. The number of fused-ring (bicyclic) bond motifs is 1. The Morgan fingerprint density at radius 2 is 1.67 bits per heavy atom. The molecule has 8 heteroatoms. The van der Waals surface area contributed by atoms with E-state index in [9.17, 15) is 9.59 Å². The van der Waals surface area contributed by atoms with Crippen LogP contribution in [0, 0.1) is 0 Å². The van der Waals surface area contributed by atoms with E-state index in [-0.39, 0.29) is 18.1 Å². The zero-order valence-corrected chi connectivity index (χ0v) is 17.9. The van der Waals surface area contributed by atoms with Gasteiger partial charge in [0, 0.05) is 35.7 Å². The monoisotopic (exact) mass is 438 g/mol. The minimum atomic E-state index is -0.390. The highest BCUT2D eigenvalue weighted by molar-refractivity contribution is 6.02. The van der Waals surface area contributed by atoms with Crippen LogP contribution in [-0.4, -0.2) is 29.2 Å². The minimum Gasteiger partial charge on any atom is -0.350 e. The van der Waals surface area contributed by atoms with Crippen molar-refractivity contribution in [2.24, 2.45) is 0 Å². The number of carbonyl (C=O) groups is 2. The molecule has 0 bridgehead atoms. The summed E-state index contributed by atoms with van der Waals surface area (Å²) in [4.78, 5) is 27.1. The van der Waals surface area contributed by atoms with Gasteiger partial charge in [0.1, 0.15) is 6.17 Å². The lowest BCUT2D eigenvalue weighted by molar-refractivity contribution is 0.0928. The molecule has 1 atom stereocenters. The standard InChI is InChI=1S/C25H22N6O2/c1-31-21-13-6-5-12-19(21)24(32)29-23(31)20-15-26-30-22(20)16-8-7-11-18(14-16)28-25(33)27-17-9-3-2-4-10-17/h2-15,23H,1H3,(H,26,30)(H,29,32)(H2,27,28,33). The van der Waals surface area contributed by atoms with Gasteiger partial charge in [-0.2, -0.15) is 5.10 Å². The van der Waals surface area contributed by atoms with Gasteiger partial charge in [-0.3, -0.25) is 9.89 Å². The Morgan fingerprint density at radius 3 is 2.52 bits per heavy atom. The maximum absolute atomic E-state index is 12.7. The van der Waals surface area contributed by atoms with Gasteiger partial charge >= 0.3 is 6.03 Å². The molecule has 1 unspecified atom stereocenters. The van der Waals surface area contributed by atoms with Gasteiger partial charge in [-0.15, -0.1) is 0 Å². The zero-order chi connectivity index (χ0) is 22.8. The van der Waals surface area contributed by atoms with Crippen LogP contribution in [0.4, 0.5) is 21.9 Å². The molecule has 164 valence electrons. The van der Waals surface area contributed by atoms with Crippen molar-refractivity contribution in [3.63, 3.8) is 0 Å². The molecule has 0 saturated heterocycles. The number of aromatic amines is 1. The van der Waals surface area contributed by atoms with Crippen molar-refractivity contribution in [3.05, 3.63) is 96.2 Å². The van der Waals surface area contributed by atoms with Crippen LogP contribution in [0.15, 0.2) is 85.1 Å². The first-order valence-corrected chi connectivity index (χ1v) is 10.5. The normalized spacial score (nSPS) is 14.9. The van der Waals surface area contributed by atoms with E-state index in [4.69, 9.17) is 0 Å². The van der Waals surface area contributed by atoms with Crippen molar-refractivity contribution in [1.82, 2.24) is 15.5 Å². The van der Waals surface area contributed by atoms with Crippen LogP contribution in [0.5, 0.6) is 0 Å². The molecule has 0 aliphatic carbocycles. The Kier molecular flexibility index (Phi) is 5.24. The average molecular weight is 438 g/mol. The second-order valence-corrected chi connectivity index (χ2v) is 7.72. The summed E-state index contributed by atoms with van der Waals surface area (Å²) in [6.07, 6.45) is 1.39. The number of benzene rings is 3. The van der Waals surface area contributed by atoms with Crippen molar-refractivity contribution < 1.29 is 9.59 Å². The molecule has 0 radical (unpaired) electrons. The third-order valence-corrected chi connectivity index (χ3v) is 5.57. The lowest BCUT2D eigenvalue weighted by Gasteiger charge is -2.36. The van der Waals surface area contributed by atoms with E-state index in [2.05, 4.69) is 26.1 Å². The molecule has 2 heterocycles. The number of hydrogen-bond acceptors (Lipinski definition) is 4. The Balaban J connectivity index is 1.40. The Morgan fingerprint density at radius 1 is 0.939 bits per heavy atom. The van der Waals surface area contributed by atoms with E-state index in [0.29, 0.717) is 22.6 Å². The van der Waals surface area contributed by atoms with Gasteiger partial charge in [-0.05, 0) is 36.4 Å². The third-order valence-electron chi connectivity index (χ3n) is 5.57. The van der Waals surface area contributed by atoms with Crippen molar-refractivity contribution >= 4 is 29.0 Å². The average Bonchev–Trinajstić information content (AvgIpc) is 3.32. The predicted octanol–water partition coefficient (Wildman–Crippen LogP) is 4.60.